The van der Waals surface area contributed by atoms with Crippen LogP contribution in [-0.4, -0.2) is 51.8 Å². The molecule has 1 aromatic rings. The Hall–Kier alpha value is -1.26. The molecule has 0 bridgehead atoms. The zero-order valence-corrected chi connectivity index (χ0v) is 13.9. The maximum atomic E-state index is 5.44. The molecule has 3 rings (SSSR count). The van der Waals surface area contributed by atoms with Crippen LogP contribution in [0.15, 0.2) is 12.1 Å². The molecule has 0 aliphatic carbocycles. The molecule has 4 heteroatoms. The third-order valence-corrected chi connectivity index (χ3v) is 5.02. The molecule has 1 unspecified atom stereocenters. The van der Waals surface area contributed by atoms with Crippen molar-refractivity contribution in [2.75, 3.05) is 46.9 Å². The highest BCUT2D eigenvalue weighted by atomic mass is 16.5. The van der Waals surface area contributed by atoms with Crippen molar-refractivity contribution in [3.05, 3.63) is 23.3 Å². The van der Waals surface area contributed by atoms with Gasteiger partial charge in [0.15, 0.2) is 11.5 Å². The minimum absolute atomic E-state index is 0.819. The number of fused-ring (bicyclic) bond motifs is 1. The van der Waals surface area contributed by atoms with Gasteiger partial charge in [-0.25, -0.2) is 0 Å². The standard InChI is InChI=1S/C18H28N2O2/c1-21-17-10-15-5-8-20(13-14-4-3-7-19-12-14)9-6-16(15)11-18(17)22-2/h10-11,14,19H,3-9,12-13H2,1-2H3. The van der Waals surface area contributed by atoms with Crippen LogP contribution >= 0.6 is 0 Å². The van der Waals surface area contributed by atoms with Crippen LogP contribution in [0.4, 0.5) is 0 Å². The zero-order valence-electron chi connectivity index (χ0n) is 13.9. The highest BCUT2D eigenvalue weighted by Crippen LogP contribution is 2.32. The minimum Gasteiger partial charge on any atom is -0.493 e. The molecule has 1 atom stereocenters. The van der Waals surface area contributed by atoms with Crippen LogP contribution in [0, 0.1) is 5.92 Å². The third-order valence-electron chi connectivity index (χ3n) is 5.02. The van der Waals surface area contributed by atoms with E-state index in [-0.39, 0.29) is 0 Å². The van der Waals surface area contributed by atoms with Gasteiger partial charge in [0.25, 0.3) is 0 Å². The quantitative estimate of drug-likeness (QED) is 0.924. The van der Waals surface area contributed by atoms with E-state index in [9.17, 15) is 0 Å². The largest absolute Gasteiger partial charge is 0.493 e. The number of hydrogen-bond donors (Lipinski definition) is 1. The molecule has 0 aromatic heterocycles. The van der Waals surface area contributed by atoms with Crippen molar-refractivity contribution in [1.29, 1.82) is 0 Å². The maximum Gasteiger partial charge on any atom is 0.161 e. The molecule has 2 aliphatic rings. The van der Waals surface area contributed by atoms with Gasteiger partial charge in [-0.05, 0) is 68.0 Å². The van der Waals surface area contributed by atoms with Crippen LogP contribution in [0.1, 0.15) is 24.0 Å². The zero-order chi connectivity index (χ0) is 15.4. The van der Waals surface area contributed by atoms with Gasteiger partial charge in [0.05, 0.1) is 14.2 Å². The average Bonchev–Trinajstić information content (AvgIpc) is 2.76. The van der Waals surface area contributed by atoms with E-state index in [2.05, 4.69) is 22.3 Å². The van der Waals surface area contributed by atoms with Gasteiger partial charge < -0.3 is 19.7 Å². The summed E-state index contributed by atoms with van der Waals surface area (Å²) >= 11 is 0. The van der Waals surface area contributed by atoms with E-state index in [0.29, 0.717) is 0 Å². The summed E-state index contributed by atoms with van der Waals surface area (Å²) in [6.45, 7) is 5.92. The fraction of sp³-hybridized carbons (Fsp3) is 0.667. The summed E-state index contributed by atoms with van der Waals surface area (Å²) in [5, 5.41) is 3.53. The molecule has 1 N–H and O–H groups in total. The molecule has 1 aromatic carbocycles. The number of rotatable bonds is 4. The smallest absolute Gasteiger partial charge is 0.161 e. The average molecular weight is 304 g/mol. The second-order valence-corrected chi connectivity index (χ2v) is 6.49. The van der Waals surface area contributed by atoms with Crippen molar-refractivity contribution in [3.63, 3.8) is 0 Å². The fourth-order valence-electron chi connectivity index (χ4n) is 3.73. The third kappa shape index (κ3) is 3.55. The van der Waals surface area contributed by atoms with Gasteiger partial charge in [-0.15, -0.1) is 0 Å². The summed E-state index contributed by atoms with van der Waals surface area (Å²) in [5.74, 6) is 2.52. The number of benzene rings is 1. The first-order chi connectivity index (χ1) is 10.8. The van der Waals surface area contributed by atoms with E-state index < -0.39 is 0 Å². The molecule has 122 valence electrons. The summed E-state index contributed by atoms with van der Waals surface area (Å²) in [6.07, 6.45) is 4.91. The first kappa shape index (κ1) is 15.6. The normalized spacial score (nSPS) is 22.7. The Bertz CT molecular complexity index is 463. The summed E-state index contributed by atoms with van der Waals surface area (Å²) in [6, 6.07) is 4.33. The van der Waals surface area contributed by atoms with Crippen LogP contribution in [0.25, 0.3) is 0 Å². The summed E-state index contributed by atoms with van der Waals surface area (Å²) < 4.78 is 10.9. The predicted molar refractivity (Wildman–Crippen MR) is 89.0 cm³/mol. The number of nitrogens with zero attached hydrogens (tertiary/aromatic N) is 1. The second-order valence-electron chi connectivity index (χ2n) is 6.49. The highest BCUT2D eigenvalue weighted by Gasteiger charge is 2.21. The van der Waals surface area contributed by atoms with Gasteiger partial charge >= 0.3 is 0 Å². The molecule has 0 saturated carbocycles. The molecule has 4 nitrogen and oxygen atoms in total. The number of hydrogen-bond acceptors (Lipinski definition) is 4. The molecule has 2 heterocycles. The Morgan fingerprint density at radius 1 is 1.09 bits per heavy atom. The lowest BCUT2D eigenvalue weighted by atomic mass is 9.99. The minimum atomic E-state index is 0.819. The molecule has 0 amide bonds. The van der Waals surface area contributed by atoms with Crippen molar-refractivity contribution >= 4 is 0 Å². The van der Waals surface area contributed by atoms with Gasteiger partial charge in [0.2, 0.25) is 0 Å². The van der Waals surface area contributed by atoms with Crippen LogP contribution in [-0.2, 0) is 12.8 Å². The Morgan fingerprint density at radius 3 is 2.23 bits per heavy atom. The molecule has 1 fully saturated rings. The monoisotopic (exact) mass is 304 g/mol. The lowest BCUT2D eigenvalue weighted by Crippen LogP contribution is -2.39. The number of ether oxygens (including phenoxy) is 2. The lowest BCUT2D eigenvalue weighted by molar-refractivity contribution is 0.215. The van der Waals surface area contributed by atoms with E-state index in [1.54, 1.807) is 14.2 Å². The van der Waals surface area contributed by atoms with Crippen LogP contribution in [0.5, 0.6) is 11.5 Å². The van der Waals surface area contributed by atoms with E-state index >= 15 is 0 Å². The van der Waals surface area contributed by atoms with E-state index in [1.165, 1.54) is 43.6 Å². The first-order valence-corrected chi connectivity index (χ1v) is 8.47. The SMILES string of the molecule is COc1cc2c(cc1OC)CCN(CC1CCCNC1)CC2. The highest BCUT2D eigenvalue weighted by molar-refractivity contribution is 5.48. The summed E-state index contributed by atoms with van der Waals surface area (Å²) in [7, 11) is 3.42. The molecule has 0 radical (unpaired) electrons. The van der Waals surface area contributed by atoms with Crippen LogP contribution in [0.2, 0.25) is 0 Å². The molecule has 1 saturated heterocycles. The molecule has 22 heavy (non-hydrogen) atoms. The van der Waals surface area contributed by atoms with E-state index in [1.807, 2.05) is 0 Å². The van der Waals surface area contributed by atoms with Crippen molar-refractivity contribution in [2.24, 2.45) is 5.92 Å². The van der Waals surface area contributed by atoms with Crippen molar-refractivity contribution in [3.8, 4) is 11.5 Å². The van der Waals surface area contributed by atoms with Crippen LogP contribution in [0.3, 0.4) is 0 Å². The number of methoxy groups -OCH3 is 2. The van der Waals surface area contributed by atoms with Crippen LogP contribution < -0.4 is 14.8 Å². The predicted octanol–water partition coefficient (Wildman–Crippen LogP) is 2.10. The van der Waals surface area contributed by atoms with E-state index in [0.717, 1.165) is 43.3 Å². The van der Waals surface area contributed by atoms with Gasteiger partial charge in [0, 0.05) is 19.6 Å². The van der Waals surface area contributed by atoms with Gasteiger partial charge in [-0.3, -0.25) is 0 Å². The molecular weight excluding hydrogens is 276 g/mol. The first-order valence-electron chi connectivity index (χ1n) is 8.47. The lowest BCUT2D eigenvalue weighted by Gasteiger charge is -2.29. The van der Waals surface area contributed by atoms with Crippen molar-refractivity contribution in [1.82, 2.24) is 10.2 Å². The number of piperidine rings is 1. The van der Waals surface area contributed by atoms with Gasteiger partial charge in [-0.2, -0.15) is 0 Å². The van der Waals surface area contributed by atoms with E-state index in [4.69, 9.17) is 9.47 Å². The Morgan fingerprint density at radius 2 is 1.73 bits per heavy atom. The van der Waals surface area contributed by atoms with Crippen molar-refractivity contribution in [2.45, 2.75) is 25.7 Å². The summed E-state index contributed by atoms with van der Waals surface area (Å²) in [5.41, 5.74) is 2.84. The number of nitrogens with one attached hydrogen (secondary N) is 1. The van der Waals surface area contributed by atoms with Crippen molar-refractivity contribution < 1.29 is 9.47 Å². The maximum absolute atomic E-state index is 5.44. The Kier molecular flexibility index (Phi) is 5.21. The summed E-state index contributed by atoms with van der Waals surface area (Å²) in [4.78, 5) is 2.64. The molecular formula is C18H28N2O2. The topological polar surface area (TPSA) is 33.7 Å². The van der Waals surface area contributed by atoms with Gasteiger partial charge in [-0.1, -0.05) is 0 Å². The fourth-order valence-corrected chi connectivity index (χ4v) is 3.73. The van der Waals surface area contributed by atoms with Gasteiger partial charge in [0.1, 0.15) is 0 Å². The molecule has 2 aliphatic heterocycles. The Balaban J connectivity index is 1.66. The Labute approximate surface area is 133 Å². The molecule has 0 spiro atoms. The second kappa shape index (κ2) is 7.34.